The van der Waals surface area contributed by atoms with Gasteiger partial charge in [0.15, 0.2) is 69.8 Å². The van der Waals surface area contributed by atoms with Crippen LogP contribution in [0.25, 0.3) is 32.8 Å². The molecule has 550 valence electrons. The fourth-order valence-corrected chi connectivity index (χ4v) is 11.9. The van der Waals surface area contributed by atoms with Crippen LogP contribution in [0.1, 0.15) is 84.9 Å². The van der Waals surface area contributed by atoms with Gasteiger partial charge in [-0.2, -0.15) is 0 Å². The zero-order valence-corrected chi connectivity index (χ0v) is 60.9. The van der Waals surface area contributed by atoms with Crippen molar-refractivity contribution in [1.82, 2.24) is 10.3 Å². The Labute approximate surface area is 600 Å². The van der Waals surface area contributed by atoms with E-state index in [1.54, 1.807) is 25.7 Å². The first kappa shape index (κ1) is 80.0. The van der Waals surface area contributed by atoms with Crippen LogP contribution in [0.2, 0.25) is 0 Å². The number of ether oxygens (including phenoxy) is 8. The van der Waals surface area contributed by atoms with E-state index in [9.17, 15) is 0 Å². The maximum Gasteiger partial charge on any atom is 0.186 e. The van der Waals surface area contributed by atoms with E-state index < -0.39 is 0 Å². The average molecular weight is 1430 g/mol. The molecule has 0 bridgehead atoms. The molecule has 101 heavy (non-hydrogen) atoms. The molecule has 0 amide bonds. The van der Waals surface area contributed by atoms with Gasteiger partial charge in [0.05, 0.1) is 86.9 Å². The lowest BCUT2D eigenvalue weighted by Crippen LogP contribution is -2.39. The number of aliphatic imine (C=N–C) groups is 9. The monoisotopic (exact) mass is 1430 g/mol. The van der Waals surface area contributed by atoms with Crippen LogP contribution in [0.4, 0.5) is 0 Å². The lowest BCUT2D eigenvalue weighted by Gasteiger charge is -2.21. The summed E-state index contributed by atoms with van der Waals surface area (Å²) in [5, 5.41) is 6.97. The summed E-state index contributed by atoms with van der Waals surface area (Å²) in [7, 11) is 1.67. The topological polar surface area (TPSA) is 496 Å². The Morgan fingerprint density at radius 2 is 1.01 bits per heavy atom. The van der Waals surface area contributed by atoms with Crippen molar-refractivity contribution >= 4 is 75.2 Å². The molecule has 0 spiro atoms. The van der Waals surface area contributed by atoms with Gasteiger partial charge >= 0.3 is 0 Å². The number of thiazole rings is 1. The quantitative estimate of drug-likeness (QED) is 0.0136. The Bertz CT molecular complexity index is 3720. The number of rotatable bonds is 46. The number of aryl methyl sites for hydroxylation is 1. The number of amidine groups is 3. The molecule has 23 N–H and O–H groups in total. The second kappa shape index (κ2) is 42.9. The summed E-state index contributed by atoms with van der Waals surface area (Å²) in [4.78, 5) is 45.2. The molecule has 0 aliphatic carbocycles. The molecule has 0 saturated heterocycles. The molecule has 1 aliphatic heterocycles. The molecule has 1 aromatic heterocycles. The normalized spacial score (nSPS) is 13.9. The average Bonchev–Trinajstić information content (AvgIpc) is 1.69. The maximum atomic E-state index is 6.75. The number of nitrogens with two attached hydrogens (primary N) is 11. The van der Waals surface area contributed by atoms with Gasteiger partial charge in [0.1, 0.15) is 57.1 Å². The minimum absolute atomic E-state index is 0.0630. The lowest BCUT2D eigenvalue weighted by atomic mass is 9.99. The first-order chi connectivity index (χ1) is 48.7. The molecule has 0 fully saturated rings. The molecule has 32 heteroatoms. The third-order valence-corrected chi connectivity index (χ3v) is 17.3. The van der Waals surface area contributed by atoms with Gasteiger partial charge in [-0.1, -0.05) is 51.5 Å². The Morgan fingerprint density at radius 1 is 0.545 bits per heavy atom. The van der Waals surface area contributed by atoms with Gasteiger partial charge in [0.2, 0.25) is 0 Å². The fourth-order valence-electron chi connectivity index (χ4n) is 10.0. The van der Waals surface area contributed by atoms with Crippen LogP contribution in [0.3, 0.4) is 0 Å². The minimum Gasteiger partial charge on any atom is -0.490 e. The van der Waals surface area contributed by atoms with Crippen molar-refractivity contribution in [2.75, 3.05) is 118 Å². The summed E-state index contributed by atoms with van der Waals surface area (Å²) < 4.78 is 52.6. The van der Waals surface area contributed by atoms with Gasteiger partial charge in [0, 0.05) is 63.2 Å². The molecule has 4 aromatic carbocycles. The molecule has 3 unspecified atom stereocenters. The number of hydrogen-bond donors (Lipinski definition) is 12. The molecule has 0 radical (unpaired) electrons. The summed E-state index contributed by atoms with van der Waals surface area (Å²) in [6.07, 6.45) is 4.63. The van der Waals surface area contributed by atoms with E-state index in [4.69, 9.17) is 116 Å². The largest absolute Gasteiger partial charge is 0.490 e. The molecule has 0 saturated carbocycles. The summed E-state index contributed by atoms with van der Waals surface area (Å²) in [5.41, 5.74) is 70.2. The number of guanidine groups is 4. The predicted molar refractivity (Wildman–Crippen MR) is 413 cm³/mol. The highest BCUT2D eigenvalue weighted by molar-refractivity contribution is 8.14. The first-order valence-corrected chi connectivity index (χ1v) is 35.6. The van der Waals surface area contributed by atoms with E-state index in [-0.39, 0.29) is 121 Å². The van der Waals surface area contributed by atoms with E-state index in [0.29, 0.717) is 137 Å². The predicted octanol–water partition coefficient (Wildman–Crippen LogP) is 5.16. The van der Waals surface area contributed by atoms with Crippen molar-refractivity contribution in [3.8, 4) is 78.8 Å². The Kier molecular flexibility index (Phi) is 34.0. The van der Waals surface area contributed by atoms with Crippen LogP contribution in [-0.4, -0.2) is 187 Å². The number of benzene rings is 4. The lowest BCUT2D eigenvalue weighted by molar-refractivity contribution is 0.268. The second-order valence-electron chi connectivity index (χ2n) is 23.2. The number of thioether (sulfide) groups is 1. The van der Waals surface area contributed by atoms with Crippen LogP contribution in [0.5, 0.6) is 46.0 Å². The molecule has 2 heterocycles. The van der Waals surface area contributed by atoms with Crippen LogP contribution in [0, 0.1) is 5.92 Å². The zero-order valence-electron chi connectivity index (χ0n) is 59.3. The van der Waals surface area contributed by atoms with Gasteiger partial charge in [-0.3, -0.25) is 44.9 Å². The van der Waals surface area contributed by atoms with Gasteiger partial charge in [-0.15, -0.1) is 23.1 Å². The Hall–Kier alpha value is -9.95. The van der Waals surface area contributed by atoms with Crippen molar-refractivity contribution in [1.29, 1.82) is 0 Å². The number of nitrogens with one attached hydrogen (secondary N) is 1. The van der Waals surface area contributed by atoms with Gasteiger partial charge in [0.25, 0.3) is 0 Å². The second-order valence-corrected chi connectivity index (χ2v) is 25.1. The SMILES string of the molecule is CCCC(C)=NCCOc1c(OCCN=C(N)N)cc(-c2nc(CCC3CSC(c4cc(OCCN=C(C)N)c(OCCN=C(N)N)c(-c5cccc(OCCN=C(N)C(C)CC)c5OCCN=C(N)N)c4)=N3)cs2)cc1-c1cccc(OCCCNC(C)C(N)=NC)c1OCCN=C(N)N. The maximum absolute atomic E-state index is 6.75. The summed E-state index contributed by atoms with van der Waals surface area (Å²) in [6.45, 7) is 15.5. The van der Waals surface area contributed by atoms with Crippen LogP contribution >= 0.6 is 23.1 Å². The summed E-state index contributed by atoms with van der Waals surface area (Å²) in [6, 6.07) is 18.9. The molecular formula is C69H104N22O8S2. The number of nitrogens with zero attached hydrogens (tertiary/aromatic N) is 10. The van der Waals surface area contributed by atoms with Crippen molar-refractivity contribution in [2.24, 2.45) is 114 Å². The molecule has 6 rings (SSSR count). The minimum atomic E-state index is -0.109. The van der Waals surface area contributed by atoms with Crippen LogP contribution in [-0.2, 0) is 6.42 Å². The van der Waals surface area contributed by atoms with E-state index >= 15 is 0 Å². The van der Waals surface area contributed by atoms with E-state index in [2.05, 4.69) is 59.5 Å². The van der Waals surface area contributed by atoms with E-state index in [1.165, 1.54) is 11.3 Å². The van der Waals surface area contributed by atoms with Crippen molar-refractivity contribution in [3.63, 3.8) is 0 Å². The van der Waals surface area contributed by atoms with Gasteiger partial charge < -0.3 is 106 Å². The third kappa shape index (κ3) is 26.9. The van der Waals surface area contributed by atoms with Crippen molar-refractivity contribution in [3.05, 3.63) is 77.3 Å². The number of para-hydroxylation sites is 2. The Balaban J connectivity index is 1.41. The molecule has 3 atom stereocenters. The highest BCUT2D eigenvalue weighted by Gasteiger charge is 2.28. The van der Waals surface area contributed by atoms with Crippen molar-refractivity contribution in [2.45, 2.75) is 92.2 Å². The van der Waals surface area contributed by atoms with E-state index in [1.807, 2.05) is 81.4 Å². The zero-order chi connectivity index (χ0) is 73.1. The first-order valence-electron chi connectivity index (χ1n) is 33.7. The Morgan fingerprint density at radius 3 is 1.51 bits per heavy atom. The standard InChI is InChI=1S/C69H104N22O8S2/c1-8-13-43(4)82-21-32-98-60-52(50-14-10-16-54(58(50)96-33-25-87-67(75)76)92-28-12-20-83-44(5)63(72)81-7)36-47(39-57(60)95-31-24-86-66(73)74)65-91-49(41-101-65)19-18-48-40-100-64(90-48)46-37-53(61(99-35-27-89-69(79)80)56(38-46)94-29-22-84-45(6)70)51-15-11-17-55(59(51)97-34-26-88-68(77)78)93-30-23-85-62(71)42(3)9-2/h10-11,14-17,36-39,41-42,44,48,83H,8-9,12-13,18-35,40H2,1-7H3,(H2,70,84)(H2,71,85)(H2,72,81)(H4,73,74,86)(H4,75,76,87)(H4,77,78,88)(H4,79,80,89). The number of hydrogen-bond acceptors (Lipinski definition) is 21. The van der Waals surface area contributed by atoms with Crippen LogP contribution < -0.4 is 106 Å². The van der Waals surface area contributed by atoms with E-state index in [0.717, 1.165) is 51.8 Å². The molecule has 30 nitrogen and oxygen atoms in total. The smallest absolute Gasteiger partial charge is 0.186 e. The summed E-state index contributed by atoms with van der Waals surface area (Å²) in [5.74, 6) is 5.43. The molecular weight excluding hydrogens is 1330 g/mol. The fraction of sp³-hybridized carbons (Fsp3) is 0.478. The highest BCUT2D eigenvalue weighted by atomic mass is 32.2. The number of aromatic nitrogens is 1. The molecule has 5 aromatic rings. The summed E-state index contributed by atoms with van der Waals surface area (Å²) >= 11 is 3.14. The highest BCUT2D eigenvalue weighted by Crippen LogP contribution is 2.50. The van der Waals surface area contributed by atoms with Gasteiger partial charge in [-0.05, 0) is 95.8 Å². The van der Waals surface area contributed by atoms with Crippen molar-refractivity contribution < 1.29 is 37.9 Å². The third-order valence-electron chi connectivity index (χ3n) is 15.2. The molecule has 1 aliphatic rings. The van der Waals surface area contributed by atoms with Gasteiger partial charge in [-0.25, -0.2) is 4.98 Å². The van der Waals surface area contributed by atoms with Crippen LogP contribution in [0.15, 0.2) is 111 Å².